The quantitative estimate of drug-likeness (QED) is 0.807. The van der Waals surface area contributed by atoms with E-state index in [-0.39, 0.29) is 6.04 Å². The Hall–Kier alpha value is -0.950. The Morgan fingerprint density at radius 3 is 2.65 bits per heavy atom. The summed E-state index contributed by atoms with van der Waals surface area (Å²) in [5.41, 5.74) is 2.65. The second kappa shape index (κ2) is 5.11. The van der Waals surface area contributed by atoms with Crippen LogP contribution >= 0.6 is 0 Å². The highest BCUT2D eigenvalue weighted by molar-refractivity contribution is 7.86. The van der Waals surface area contributed by atoms with E-state index < -0.39 is 10.2 Å². The van der Waals surface area contributed by atoms with Gasteiger partial charge in [-0.05, 0) is 17.5 Å². The zero-order valence-corrected chi connectivity index (χ0v) is 12.8. The highest BCUT2D eigenvalue weighted by Crippen LogP contribution is 2.33. The molecule has 5 nitrogen and oxygen atoms in total. The second-order valence-electron chi connectivity index (χ2n) is 5.65. The Morgan fingerprint density at radius 2 is 1.90 bits per heavy atom. The smallest absolute Gasteiger partial charge is 0.281 e. The van der Waals surface area contributed by atoms with Gasteiger partial charge in [-0.1, -0.05) is 24.3 Å². The molecule has 0 saturated carbocycles. The summed E-state index contributed by atoms with van der Waals surface area (Å²) in [6, 6.07) is 8.60. The molecule has 0 aromatic heterocycles. The van der Waals surface area contributed by atoms with E-state index in [0.29, 0.717) is 13.1 Å². The summed E-state index contributed by atoms with van der Waals surface area (Å²) in [7, 11) is -0.126. The number of hydrogen-bond donors (Lipinski definition) is 0. The van der Waals surface area contributed by atoms with Crippen molar-refractivity contribution in [2.24, 2.45) is 0 Å². The molecule has 2 aliphatic heterocycles. The zero-order chi connectivity index (χ0) is 14.3. The Kier molecular flexibility index (Phi) is 3.58. The lowest BCUT2D eigenvalue weighted by Gasteiger charge is -2.44. The SMILES string of the molecule is CN(C)S(=O)(=O)N1CCN2CCc3ccccc3C2C1. The van der Waals surface area contributed by atoms with E-state index in [1.165, 1.54) is 15.4 Å². The third-order valence-corrected chi connectivity index (χ3v) is 6.23. The molecule has 0 amide bonds. The van der Waals surface area contributed by atoms with Crippen LogP contribution in [-0.2, 0) is 16.6 Å². The lowest BCUT2D eigenvalue weighted by molar-refractivity contribution is 0.107. The standard InChI is InChI=1S/C14H21N3O2S/c1-15(2)20(18,19)17-10-9-16-8-7-12-5-3-4-6-13(12)14(16)11-17/h3-6,14H,7-11H2,1-2H3. The van der Waals surface area contributed by atoms with E-state index in [0.717, 1.165) is 19.5 Å². The molecule has 1 fully saturated rings. The van der Waals surface area contributed by atoms with Crippen molar-refractivity contribution in [3.63, 3.8) is 0 Å². The minimum atomic E-state index is -3.31. The number of fused-ring (bicyclic) bond motifs is 3. The predicted molar refractivity (Wildman–Crippen MR) is 78.6 cm³/mol. The normalized spacial score (nSPS) is 24.4. The third-order valence-electron chi connectivity index (χ3n) is 4.32. The van der Waals surface area contributed by atoms with Gasteiger partial charge >= 0.3 is 0 Å². The number of piperazine rings is 1. The first-order valence-electron chi connectivity index (χ1n) is 6.99. The maximum absolute atomic E-state index is 12.3. The molecule has 0 aliphatic carbocycles. The van der Waals surface area contributed by atoms with Crippen LogP contribution in [0.15, 0.2) is 24.3 Å². The minimum absolute atomic E-state index is 0.198. The highest BCUT2D eigenvalue weighted by Gasteiger charge is 2.37. The monoisotopic (exact) mass is 295 g/mol. The van der Waals surface area contributed by atoms with Crippen molar-refractivity contribution < 1.29 is 8.42 Å². The summed E-state index contributed by atoms with van der Waals surface area (Å²) in [6.45, 7) is 2.97. The molecule has 3 rings (SSSR count). The van der Waals surface area contributed by atoms with Gasteiger partial charge in [-0.2, -0.15) is 17.0 Å². The first-order valence-corrected chi connectivity index (χ1v) is 8.39. The van der Waals surface area contributed by atoms with E-state index in [4.69, 9.17) is 0 Å². The summed E-state index contributed by atoms with van der Waals surface area (Å²) >= 11 is 0. The van der Waals surface area contributed by atoms with E-state index >= 15 is 0 Å². The topological polar surface area (TPSA) is 43.9 Å². The lowest BCUT2D eigenvalue weighted by atomic mass is 9.91. The van der Waals surface area contributed by atoms with Gasteiger partial charge in [0, 0.05) is 46.3 Å². The number of hydrogen-bond acceptors (Lipinski definition) is 3. The molecule has 2 aliphatic rings. The molecule has 1 unspecified atom stereocenters. The van der Waals surface area contributed by atoms with Crippen molar-refractivity contribution in [3.8, 4) is 0 Å². The molecule has 0 bridgehead atoms. The molecular formula is C14H21N3O2S. The van der Waals surface area contributed by atoms with Crippen molar-refractivity contribution in [1.29, 1.82) is 0 Å². The average molecular weight is 295 g/mol. The fourth-order valence-electron chi connectivity index (χ4n) is 3.15. The molecule has 0 spiro atoms. The van der Waals surface area contributed by atoms with Gasteiger partial charge < -0.3 is 0 Å². The van der Waals surface area contributed by atoms with Gasteiger partial charge in [0.15, 0.2) is 0 Å². The number of nitrogens with zero attached hydrogens (tertiary/aromatic N) is 3. The summed E-state index contributed by atoms with van der Waals surface area (Å²) in [4.78, 5) is 2.41. The van der Waals surface area contributed by atoms with E-state index in [1.807, 2.05) is 6.07 Å². The van der Waals surface area contributed by atoms with Crippen molar-refractivity contribution in [3.05, 3.63) is 35.4 Å². The first kappa shape index (κ1) is 14.0. The van der Waals surface area contributed by atoms with Gasteiger partial charge in [0.1, 0.15) is 0 Å². The molecule has 0 radical (unpaired) electrons. The maximum Gasteiger partial charge on any atom is 0.281 e. The van der Waals surface area contributed by atoms with Crippen LogP contribution < -0.4 is 0 Å². The van der Waals surface area contributed by atoms with Gasteiger partial charge in [0.2, 0.25) is 0 Å². The van der Waals surface area contributed by atoms with Crippen molar-refractivity contribution in [1.82, 2.24) is 13.5 Å². The number of rotatable bonds is 2. The molecule has 6 heteroatoms. The fraction of sp³-hybridized carbons (Fsp3) is 0.571. The first-order chi connectivity index (χ1) is 9.50. The van der Waals surface area contributed by atoms with Gasteiger partial charge in [0.05, 0.1) is 0 Å². The predicted octanol–water partition coefficient (Wildman–Crippen LogP) is 0.708. The molecule has 20 heavy (non-hydrogen) atoms. The van der Waals surface area contributed by atoms with Crippen LogP contribution in [-0.4, -0.2) is 62.2 Å². The summed E-state index contributed by atoms with van der Waals surface area (Å²) in [5, 5.41) is 0. The molecule has 2 heterocycles. The molecule has 1 aromatic rings. The van der Waals surface area contributed by atoms with Crippen LogP contribution in [0.5, 0.6) is 0 Å². The molecular weight excluding hydrogens is 274 g/mol. The Labute approximate surface area is 121 Å². The summed E-state index contributed by atoms with van der Waals surface area (Å²) in [6.07, 6.45) is 1.06. The maximum atomic E-state index is 12.3. The minimum Gasteiger partial charge on any atom is -0.293 e. The number of benzene rings is 1. The van der Waals surface area contributed by atoms with E-state index in [1.54, 1.807) is 18.4 Å². The van der Waals surface area contributed by atoms with Crippen LogP contribution in [0.3, 0.4) is 0 Å². The molecule has 1 atom stereocenters. The van der Waals surface area contributed by atoms with Crippen LogP contribution in [0.4, 0.5) is 0 Å². The van der Waals surface area contributed by atoms with Gasteiger partial charge in [-0.3, -0.25) is 4.90 Å². The van der Waals surface area contributed by atoms with Crippen LogP contribution in [0.2, 0.25) is 0 Å². The van der Waals surface area contributed by atoms with Crippen molar-refractivity contribution >= 4 is 10.2 Å². The van der Waals surface area contributed by atoms with Crippen LogP contribution in [0, 0.1) is 0 Å². The van der Waals surface area contributed by atoms with Crippen molar-refractivity contribution in [2.75, 3.05) is 40.3 Å². The zero-order valence-electron chi connectivity index (χ0n) is 12.0. The molecule has 1 aromatic carbocycles. The Bertz CT molecular complexity index is 600. The lowest BCUT2D eigenvalue weighted by Crippen LogP contribution is -2.54. The Balaban J connectivity index is 1.90. The van der Waals surface area contributed by atoms with Gasteiger partial charge in [0.25, 0.3) is 10.2 Å². The Morgan fingerprint density at radius 1 is 1.15 bits per heavy atom. The average Bonchev–Trinajstić information content (AvgIpc) is 2.46. The molecule has 1 saturated heterocycles. The summed E-state index contributed by atoms with van der Waals surface area (Å²) in [5.74, 6) is 0. The van der Waals surface area contributed by atoms with E-state index in [2.05, 4.69) is 23.1 Å². The fourth-order valence-corrected chi connectivity index (χ4v) is 4.25. The summed E-state index contributed by atoms with van der Waals surface area (Å²) < 4.78 is 27.5. The molecule has 0 N–H and O–H groups in total. The third kappa shape index (κ3) is 2.26. The van der Waals surface area contributed by atoms with Crippen LogP contribution in [0.1, 0.15) is 17.2 Å². The largest absolute Gasteiger partial charge is 0.293 e. The highest BCUT2D eigenvalue weighted by atomic mass is 32.2. The van der Waals surface area contributed by atoms with Crippen molar-refractivity contribution in [2.45, 2.75) is 12.5 Å². The second-order valence-corrected chi connectivity index (χ2v) is 7.79. The van der Waals surface area contributed by atoms with Crippen LogP contribution in [0.25, 0.3) is 0 Å². The van der Waals surface area contributed by atoms with Gasteiger partial charge in [-0.25, -0.2) is 0 Å². The molecule has 110 valence electrons. The van der Waals surface area contributed by atoms with E-state index in [9.17, 15) is 8.42 Å². The van der Waals surface area contributed by atoms with Gasteiger partial charge in [-0.15, -0.1) is 0 Å².